The van der Waals surface area contributed by atoms with Crippen LogP contribution in [-0.4, -0.2) is 45.7 Å². The molecule has 0 atom stereocenters. The van der Waals surface area contributed by atoms with E-state index in [1.54, 1.807) is 12.1 Å². The number of aromatic carboxylic acids is 1. The van der Waals surface area contributed by atoms with E-state index in [1.165, 1.54) is 24.3 Å². The van der Waals surface area contributed by atoms with Crippen molar-refractivity contribution in [1.29, 1.82) is 0 Å². The molecule has 1 heterocycles. The Morgan fingerprint density at radius 2 is 1.44 bits per heavy atom. The summed E-state index contributed by atoms with van der Waals surface area (Å²) in [6, 6.07) is 12.1. The fraction of sp³-hybridized carbons (Fsp3) is 0.174. The standard InChI is InChI=1S/C23H20F3N3O4S/c24-16-2-5-18(6-3-16)28-9-11-29(12-10-28)21-8-1-15(23(30)31)13-20(21)27-34(32,33)22-14-17(25)4-7-19(22)26/h1-8,13-14,27H,9-12H2,(H,30,31). The molecule has 4 rings (SSSR count). The highest BCUT2D eigenvalue weighted by molar-refractivity contribution is 7.92. The molecule has 0 spiro atoms. The molecule has 1 saturated heterocycles. The third kappa shape index (κ3) is 4.93. The van der Waals surface area contributed by atoms with E-state index in [1.807, 2.05) is 9.80 Å². The van der Waals surface area contributed by atoms with Crippen LogP contribution < -0.4 is 14.5 Å². The van der Waals surface area contributed by atoms with Gasteiger partial charge in [-0.3, -0.25) is 4.72 Å². The maximum Gasteiger partial charge on any atom is 0.335 e. The molecular weight excluding hydrogens is 471 g/mol. The summed E-state index contributed by atoms with van der Waals surface area (Å²) in [6.07, 6.45) is 0. The predicted molar refractivity (Wildman–Crippen MR) is 121 cm³/mol. The predicted octanol–water partition coefficient (Wildman–Crippen LogP) is 3.93. The fourth-order valence-electron chi connectivity index (χ4n) is 3.77. The van der Waals surface area contributed by atoms with Crippen LogP contribution in [0.4, 0.5) is 30.2 Å². The van der Waals surface area contributed by atoms with Crippen molar-refractivity contribution < 1.29 is 31.5 Å². The minimum absolute atomic E-state index is 0.0706. The number of anilines is 3. The minimum Gasteiger partial charge on any atom is -0.478 e. The van der Waals surface area contributed by atoms with Gasteiger partial charge in [-0.1, -0.05) is 0 Å². The van der Waals surface area contributed by atoms with Crippen LogP contribution in [-0.2, 0) is 10.0 Å². The Bertz CT molecular complexity index is 1330. The maximum atomic E-state index is 14.1. The van der Waals surface area contributed by atoms with E-state index in [9.17, 15) is 31.5 Å². The van der Waals surface area contributed by atoms with Gasteiger partial charge in [-0.2, -0.15) is 0 Å². The molecule has 1 aliphatic rings. The van der Waals surface area contributed by atoms with Gasteiger partial charge in [0.1, 0.15) is 22.3 Å². The van der Waals surface area contributed by atoms with Crippen molar-refractivity contribution in [2.24, 2.45) is 0 Å². The van der Waals surface area contributed by atoms with E-state index >= 15 is 0 Å². The first-order chi connectivity index (χ1) is 16.1. The van der Waals surface area contributed by atoms with Crippen LogP contribution in [0.3, 0.4) is 0 Å². The number of carboxylic acid groups (broad SMARTS) is 1. The third-order valence-corrected chi connectivity index (χ3v) is 6.86. The van der Waals surface area contributed by atoms with E-state index in [2.05, 4.69) is 4.72 Å². The molecule has 2 N–H and O–H groups in total. The molecule has 0 bridgehead atoms. The second-order valence-electron chi connectivity index (χ2n) is 7.67. The summed E-state index contributed by atoms with van der Waals surface area (Å²) in [5.74, 6) is -3.69. The van der Waals surface area contributed by atoms with Crippen molar-refractivity contribution in [2.45, 2.75) is 4.90 Å². The van der Waals surface area contributed by atoms with Crippen molar-refractivity contribution in [1.82, 2.24) is 0 Å². The molecule has 0 aliphatic carbocycles. The summed E-state index contributed by atoms with van der Waals surface area (Å²) in [5, 5.41) is 9.35. The van der Waals surface area contributed by atoms with E-state index in [0.717, 1.165) is 17.8 Å². The highest BCUT2D eigenvalue weighted by Gasteiger charge is 2.25. The highest BCUT2D eigenvalue weighted by atomic mass is 32.2. The minimum atomic E-state index is -4.56. The van der Waals surface area contributed by atoms with Crippen molar-refractivity contribution >= 4 is 33.1 Å². The van der Waals surface area contributed by atoms with Gasteiger partial charge in [-0.15, -0.1) is 0 Å². The molecule has 34 heavy (non-hydrogen) atoms. The second kappa shape index (κ2) is 9.26. The first kappa shape index (κ1) is 23.4. The van der Waals surface area contributed by atoms with Crippen LogP contribution in [0, 0.1) is 17.5 Å². The molecule has 178 valence electrons. The highest BCUT2D eigenvalue weighted by Crippen LogP contribution is 2.32. The largest absolute Gasteiger partial charge is 0.478 e. The number of nitrogens with one attached hydrogen (secondary N) is 1. The van der Waals surface area contributed by atoms with Crippen LogP contribution in [0.15, 0.2) is 65.6 Å². The Balaban J connectivity index is 1.62. The molecule has 0 saturated carbocycles. The topological polar surface area (TPSA) is 89.9 Å². The number of carbonyl (C=O) groups is 1. The summed E-state index contributed by atoms with van der Waals surface area (Å²) in [6.45, 7) is 1.98. The zero-order valence-corrected chi connectivity index (χ0v) is 18.5. The Morgan fingerprint density at radius 3 is 2.09 bits per heavy atom. The number of hydrogen-bond acceptors (Lipinski definition) is 5. The van der Waals surface area contributed by atoms with Gasteiger partial charge in [0.05, 0.1) is 16.9 Å². The van der Waals surface area contributed by atoms with Gasteiger partial charge >= 0.3 is 5.97 Å². The van der Waals surface area contributed by atoms with Gasteiger partial charge in [-0.05, 0) is 60.7 Å². The molecule has 0 radical (unpaired) electrons. The first-order valence-corrected chi connectivity index (χ1v) is 11.7. The molecule has 0 unspecified atom stereocenters. The number of rotatable bonds is 6. The number of nitrogens with zero attached hydrogens (tertiary/aromatic N) is 2. The van der Waals surface area contributed by atoms with Crippen molar-refractivity contribution in [3.05, 3.63) is 83.7 Å². The number of piperazine rings is 1. The summed E-state index contributed by atoms with van der Waals surface area (Å²) < 4.78 is 68.8. The average molecular weight is 491 g/mol. The lowest BCUT2D eigenvalue weighted by Gasteiger charge is -2.38. The molecule has 3 aromatic rings. The molecule has 0 amide bonds. The molecular formula is C23H20F3N3O4S. The van der Waals surface area contributed by atoms with Crippen LogP contribution in [0.5, 0.6) is 0 Å². The van der Waals surface area contributed by atoms with Crippen LogP contribution in [0.2, 0.25) is 0 Å². The number of carboxylic acids is 1. The van der Waals surface area contributed by atoms with E-state index in [4.69, 9.17) is 0 Å². The second-order valence-corrected chi connectivity index (χ2v) is 9.32. The fourth-order valence-corrected chi connectivity index (χ4v) is 4.92. The van der Waals surface area contributed by atoms with E-state index in [0.29, 0.717) is 44.0 Å². The van der Waals surface area contributed by atoms with Crippen molar-refractivity contribution in [3.8, 4) is 0 Å². The molecule has 1 aliphatic heterocycles. The zero-order chi connectivity index (χ0) is 24.5. The lowest BCUT2D eigenvalue weighted by Crippen LogP contribution is -2.46. The quantitative estimate of drug-likeness (QED) is 0.543. The Kier molecular flexibility index (Phi) is 6.38. The molecule has 11 heteroatoms. The smallest absolute Gasteiger partial charge is 0.335 e. The normalized spacial score (nSPS) is 14.2. The Morgan fingerprint density at radius 1 is 0.824 bits per heavy atom. The van der Waals surface area contributed by atoms with E-state index in [-0.39, 0.29) is 17.1 Å². The third-order valence-electron chi connectivity index (χ3n) is 5.48. The van der Waals surface area contributed by atoms with Crippen LogP contribution >= 0.6 is 0 Å². The maximum absolute atomic E-state index is 14.1. The number of halogens is 3. The van der Waals surface area contributed by atoms with Crippen molar-refractivity contribution in [2.75, 3.05) is 40.7 Å². The molecule has 1 fully saturated rings. The monoisotopic (exact) mass is 491 g/mol. The number of sulfonamides is 1. The van der Waals surface area contributed by atoms with Crippen LogP contribution in [0.1, 0.15) is 10.4 Å². The van der Waals surface area contributed by atoms with Gasteiger partial charge in [0.15, 0.2) is 0 Å². The average Bonchev–Trinajstić information content (AvgIpc) is 2.81. The summed E-state index contributed by atoms with van der Waals surface area (Å²) in [4.78, 5) is 14.5. The van der Waals surface area contributed by atoms with E-state index < -0.39 is 32.5 Å². The van der Waals surface area contributed by atoms with Gasteiger partial charge in [-0.25, -0.2) is 26.4 Å². The Labute approximate surface area is 194 Å². The van der Waals surface area contributed by atoms with Gasteiger partial charge in [0, 0.05) is 31.9 Å². The summed E-state index contributed by atoms with van der Waals surface area (Å²) >= 11 is 0. The lowest BCUT2D eigenvalue weighted by molar-refractivity contribution is 0.0697. The lowest BCUT2D eigenvalue weighted by atomic mass is 10.1. The van der Waals surface area contributed by atoms with Gasteiger partial charge in [0.25, 0.3) is 10.0 Å². The summed E-state index contributed by atoms with van der Waals surface area (Å²) in [5.41, 5.74) is 0.985. The zero-order valence-electron chi connectivity index (χ0n) is 17.7. The molecule has 7 nitrogen and oxygen atoms in total. The number of hydrogen-bond donors (Lipinski definition) is 2. The first-order valence-electron chi connectivity index (χ1n) is 10.2. The SMILES string of the molecule is O=C(O)c1ccc(N2CCN(c3ccc(F)cc3)CC2)c(NS(=O)(=O)c2cc(F)ccc2F)c1. The van der Waals surface area contributed by atoms with Gasteiger partial charge in [0.2, 0.25) is 0 Å². The molecule has 3 aromatic carbocycles. The Hall–Kier alpha value is -3.73. The van der Waals surface area contributed by atoms with Gasteiger partial charge < -0.3 is 14.9 Å². The number of benzene rings is 3. The van der Waals surface area contributed by atoms with Crippen LogP contribution in [0.25, 0.3) is 0 Å². The summed E-state index contributed by atoms with van der Waals surface area (Å²) in [7, 11) is -4.56. The molecule has 0 aromatic heterocycles. The van der Waals surface area contributed by atoms with Crippen molar-refractivity contribution in [3.63, 3.8) is 0 Å².